The molecule has 1 fully saturated rings. The first kappa shape index (κ1) is 20.0. The van der Waals surface area contributed by atoms with Crippen LogP contribution in [0.3, 0.4) is 0 Å². The monoisotopic (exact) mass is 408 g/mol. The number of rotatable bonds is 6. The molecule has 1 saturated carbocycles. The number of benzene rings is 1. The Morgan fingerprint density at radius 3 is 2.36 bits per heavy atom. The van der Waals surface area contributed by atoms with Gasteiger partial charge in [0.15, 0.2) is 0 Å². The van der Waals surface area contributed by atoms with Gasteiger partial charge in [-0.1, -0.05) is 24.4 Å². The maximum atomic E-state index is 12.6. The quantitative estimate of drug-likeness (QED) is 0.417. The number of nitrogens with zero attached hydrogens (tertiary/aromatic N) is 2. The molecule has 0 unspecified atom stereocenters. The van der Waals surface area contributed by atoms with E-state index in [0.29, 0.717) is 0 Å². The van der Waals surface area contributed by atoms with E-state index in [4.69, 9.17) is 17.3 Å². The van der Waals surface area contributed by atoms with E-state index in [-0.39, 0.29) is 21.6 Å². The van der Waals surface area contributed by atoms with E-state index in [1.165, 1.54) is 4.90 Å². The topological polar surface area (TPSA) is 122 Å². The van der Waals surface area contributed by atoms with Gasteiger partial charge in [0.1, 0.15) is 16.1 Å². The molecule has 1 aliphatic carbocycles. The van der Waals surface area contributed by atoms with Gasteiger partial charge in [0.05, 0.1) is 10.7 Å². The smallest absolute Gasteiger partial charge is 0.285 e. The molecule has 0 amide bonds. The molecule has 140 valence electrons. The average Bonchev–Trinajstić information content (AvgIpc) is 2.96. The second kappa shape index (κ2) is 7.48. The molecule has 8 nitrogen and oxygen atoms in total. The Kier molecular flexibility index (Phi) is 5.97. The number of anilines is 1. The Bertz CT molecular complexity index is 876. The summed E-state index contributed by atoms with van der Waals surface area (Å²) >= 11 is 5.96. The third-order valence-electron chi connectivity index (χ3n) is 3.73. The van der Waals surface area contributed by atoms with Crippen LogP contribution >= 0.6 is 11.6 Å². The fraction of sp³-hybridized carbons (Fsp3) is 0.500. The molecule has 1 aliphatic rings. The van der Waals surface area contributed by atoms with Crippen LogP contribution in [0, 0.1) is 0 Å². The van der Waals surface area contributed by atoms with Gasteiger partial charge in [0, 0.05) is 20.1 Å². The lowest BCUT2D eigenvalue weighted by Gasteiger charge is -2.15. The fourth-order valence-electron chi connectivity index (χ4n) is 2.52. The van der Waals surface area contributed by atoms with Crippen molar-refractivity contribution in [3.05, 3.63) is 17.2 Å². The van der Waals surface area contributed by atoms with Crippen LogP contribution in [0.2, 0.25) is 5.02 Å². The van der Waals surface area contributed by atoms with Crippen LogP contribution in [-0.2, 0) is 20.0 Å². The van der Waals surface area contributed by atoms with Crippen molar-refractivity contribution in [2.24, 2.45) is 4.40 Å². The zero-order valence-electron chi connectivity index (χ0n) is 13.9. The molecule has 0 aliphatic heterocycles. The molecular formula is C14H21ClN4O4S2. The van der Waals surface area contributed by atoms with Crippen molar-refractivity contribution < 1.29 is 16.8 Å². The minimum absolute atomic E-state index is 0.119. The first-order chi connectivity index (χ1) is 11.5. The van der Waals surface area contributed by atoms with E-state index in [2.05, 4.69) is 9.12 Å². The van der Waals surface area contributed by atoms with Crippen LogP contribution in [-0.4, -0.2) is 48.2 Å². The third-order valence-corrected chi connectivity index (χ3v) is 6.99. The van der Waals surface area contributed by atoms with Crippen molar-refractivity contribution in [2.45, 2.75) is 41.5 Å². The zero-order valence-corrected chi connectivity index (χ0v) is 16.3. The van der Waals surface area contributed by atoms with Gasteiger partial charge in [-0.3, -0.25) is 0 Å². The van der Waals surface area contributed by atoms with Crippen LogP contribution in [0.25, 0.3) is 0 Å². The van der Waals surface area contributed by atoms with Crippen LogP contribution in [0.5, 0.6) is 0 Å². The van der Waals surface area contributed by atoms with Crippen LogP contribution < -0.4 is 10.5 Å². The van der Waals surface area contributed by atoms with Crippen LogP contribution in [0.4, 0.5) is 5.69 Å². The lowest BCUT2D eigenvalue weighted by Crippen LogP contribution is -2.33. The number of nitrogens with one attached hydrogen (secondary N) is 1. The highest BCUT2D eigenvalue weighted by Crippen LogP contribution is 2.31. The van der Waals surface area contributed by atoms with Gasteiger partial charge in [-0.2, -0.15) is 8.42 Å². The summed E-state index contributed by atoms with van der Waals surface area (Å²) in [5, 5.41) is -0.187. The lowest BCUT2D eigenvalue weighted by molar-refractivity contribution is 0.552. The van der Waals surface area contributed by atoms with Gasteiger partial charge in [-0.25, -0.2) is 13.1 Å². The standard InChI is InChI=1S/C14H21ClN4O4S2/c1-19(2)9-17-24(20,21)13-8-14(12(16)7-11(13)15)25(22,23)18-10-5-3-4-6-10/h7-10,18H,3-6,16H2,1-2H3/b17-9+. The number of halogens is 1. The average molecular weight is 409 g/mol. The molecule has 0 heterocycles. The second-order valence-corrected chi connectivity index (χ2v) is 9.77. The highest BCUT2D eigenvalue weighted by molar-refractivity contribution is 7.91. The second-order valence-electron chi connectivity index (χ2n) is 6.08. The Balaban J connectivity index is 2.47. The highest BCUT2D eigenvalue weighted by atomic mass is 35.5. The van der Waals surface area contributed by atoms with E-state index >= 15 is 0 Å². The van der Waals surface area contributed by atoms with Gasteiger partial charge in [0.25, 0.3) is 10.0 Å². The summed E-state index contributed by atoms with van der Waals surface area (Å²) in [6.45, 7) is 0. The summed E-state index contributed by atoms with van der Waals surface area (Å²) < 4.78 is 55.9. The molecule has 2 rings (SSSR count). The van der Waals surface area contributed by atoms with Gasteiger partial charge in [-0.15, -0.1) is 4.40 Å². The molecule has 25 heavy (non-hydrogen) atoms. The first-order valence-corrected chi connectivity index (χ1v) is 10.9. The minimum atomic E-state index is -4.16. The molecule has 1 aromatic rings. The molecule has 11 heteroatoms. The zero-order chi connectivity index (χ0) is 18.8. The molecule has 0 radical (unpaired) electrons. The van der Waals surface area contributed by atoms with E-state index < -0.39 is 24.9 Å². The molecule has 0 aromatic heterocycles. The summed E-state index contributed by atoms with van der Waals surface area (Å²) in [6, 6.07) is 1.90. The summed E-state index contributed by atoms with van der Waals surface area (Å²) in [4.78, 5) is 0.706. The Morgan fingerprint density at radius 1 is 1.20 bits per heavy atom. The minimum Gasteiger partial charge on any atom is -0.398 e. The molecule has 3 N–H and O–H groups in total. The van der Waals surface area contributed by atoms with Gasteiger partial charge < -0.3 is 10.6 Å². The van der Waals surface area contributed by atoms with Gasteiger partial charge >= 0.3 is 0 Å². The van der Waals surface area contributed by atoms with Crippen molar-refractivity contribution in [2.75, 3.05) is 19.8 Å². The molecule has 0 spiro atoms. The van der Waals surface area contributed by atoms with Crippen molar-refractivity contribution in [3.63, 3.8) is 0 Å². The SMILES string of the molecule is CN(C)/C=N/S(=O)(=O)c1cc(S(=O)(=O)NC2CCCC2)c(N)cc1Cl. The maximum Gasteiger partial charge on any atom is 0.285 e. The largest absolute Gasteiger partial charge is 0.398 e. The summed E-state index contributed by atoms with van der Waals surface area (Å²) in [6.07, 6.45) is 4.47. The van der Waals surface area contributed by atoms with Crippen molar-refractivity contribution in [3.8, 4) is 0 Å². The van der Waals surface area contributed by atoms with E-state index in [1.54, 1.807) is 14.1 Å². The normalized spacial score (nSPS) is 16.6. The molecule has 1 aromatic carbocycles. The Labute approximate surface area is 153 Å². The molecule has 0 atom stereocenters. The predicted octanol–water partition coefficient (Wildman–Crippen LogP) is 1.42. The third kappa shape index (κ3) is 4.84. The van der Waals surface area contributed by atoms with Crippen LogP contribution in [0.1, 0.15) is 25.7 Å². The number of hydrogen-bond donors (Lipinski definition) is 2. The van der Waals surface area contributed by atoms with Gasteiger partial charge in [0.2, 0.25) is 10.0 Å². The fourth-order valence-corrected chi connectivity index (χ4v) is 5.50. The number of hydrogen-bond acceptors (Lipinski definition) is 5. The first-order valence-electron chi connectivity index (χ1n) is 7.61. The summed E-state index contributed by atoms with van der Waals surface area (Å²) in [5.41, 5.74) is 5.65. The predicted molar refractivity (Wildman–Crippen MR) is 97.8 cm³/mol. The lowest BCUT2D eigenvalue weighted by atomic mass is 10.3. The Morgan fingerprint density at radius 2 is 1.80 bits per heavy atom. The van der Waals surface area contributed by atoms with Gasteiger partial charge in [-0.05, 0) is 25.0 Å². The maximum absolute atomic E-state index is 12.6. The number of nitrogen functional groups attached to an aromatic ring is 1. The van der Waals surface area contributed by atoms with Crippen molar-refractivity contribution >= 4 is 43.7 Å². The van der Waals surface area contributed by atoms with Crippen molar-refractivity contribution in [1.82, 2.24) is 9.62 Å². The molecule has 0 saturated heterocycles. The number of nitrogens with two attached hydrogens (primary N) is 1. The number of sulfonamides is 2. The van der Waals surface area contributed by atoms with E-state index in [0.717, 1.165) is 44.2 Å². The van der Waals surface area contributed by atoms with Crippen molar-refractivity contribution in [1.29, 1.82) is 0 Å². The van der Waals surface area contributed by atoms with Crippen LogP contribution in [0.15, 0.2) is 26.3 Å². The van der Waals surface area contributed by atoms with E-state index in [9.17, 15) is 16.8 Å². The summed E-state index contributed by atoms with van der Waals surface area (Å²) in [7, 11) is -4.93. The molecular weight excluding hydrogens is 388 g/mol. The Hall–Kier alpha value is -1.36. The molecule has 0 bridgehead atoms. The highest BCUT2D eigenvalue weighted by Gasteiger charge is 2.28. The summed E-state index contributed by atoms with van der Waals surface area (Å²) in [5.74, 6) is 0. The van der Waals surface area contributed by atoms with E-state index in [1.807, 2.05) is 0 Å².